The van der Waals surface area contributed by atoms with E-state index < -0.39 is 5.54 Å². The largest absolute Gasteiger partial charge is 0.351 e. The topological polar surface area (TPSA) is 49.4 Å². The molecule has 1 N–H and O–H groups in total. The number of carbonyl (C=O) groups excluding carboxylic acids is 2. The van der Waals surface area contributed by atoms with Crippen molar-refractivity contribution in [3.8, 4) is 0 Å². The lowest BCUT2D eigenvalue weighted by molar-refractivity contribution is -0.127. The number of hydrogen-bond donors (Lipinski definition) is 1. The molecule has 1 aromatic rings. The number of halogens is 1. The molecule has 1 heterocycles. The average Bonchev–Trinajstić information content (AvgIpc) is 3.10. The van der Waals surface area contributed by atoms with Crippen molar-refractivity contribution in [3.05, 3.63) is 30.1 Å². The molecular formula is C17H21FN2O2. The van der Waals surface area contributed by atoms with Crippen molar-refractivity contribution in [1.29, 1.82) is 0 Å². The Bertz CT molecular complexity index is 581. The molecule has 1 aliphatic heterocycles. The van der Waals surface area contributed by atoms with Gasteiger partial charge in [-0.2, -0.15) is 0 Å². The molecule has 22 heavy (non-hydrogen) atoms. The standard InChI is InChI=1S/C17H21FN2O2/c1-17(16(22)19-13-4-2-3-5-13)11-10-15(21)20(17)14-8-6-12(18)7-9-14/h6-9,13H,2-5,10-11H2,1H3,(H,19,22). The van der Waals surface area contributed by atoms with E-state index in [9.17, 15) is 14.0 Å². The van der Waals surface area contributed by atoms with E-state index >= 15 is 0 Å². The van der Waals surface area contributed by atoms with Gasteiger partial charge in [0, 0.05) is 18.2 Å². The van der Waals surface area contributed by atoms with Crippen LogP contribution < -0.4 is 10.2 Å². The van der Waals surface area contributed by atoms with Gasteiger partial charge in [0.2, 0.25) is 11.8 Å². The molecule has 4 nitrogen and oxygen atoms in total. The minimum atomic E-state index is -0.891. The van der Waals surface area contributed by atoms with E-state index in [1.807, 2.05) is 0 Å². The van der Waals surface area contributed by atoms with Gasteiger partial charge in [-0.05, 0) is 50.5 Å². The summed E-state index contributed by atoms with van der Waals surface area (Å²) in [6, 6.07) is 5.96. The molecule has 2 aliphatic rings. The number of amides is 2. The number of carbonyl (C=O) groups is 2. The second-order valence-electron chi connectivity index (χ2n) is 6.43. The molecule has 2 fully saturated rings. The highest BCUT2D eigenvalue weighted by atomic mass is 19.1. The molecule has 1 saturated heterocycles. The van der Waals surface area contributed by atoms with E-state index in [0.717, 1.165) is 25.7 Å². The fourth-order valence-corrected chi connectivity index (χ4v) is 3.49. The maximum atomic E-state index is 13.1. The van der Waals surface area contributed by atoms with Crippen LogP contribution in [-0.4, -0.2) is 23.4 Å². The van der Waals surface area contributed by atoms with Crippen LogP contribution in [0.4, 0.5) is 10.1 Å². The van der Waals surface area contributed by atoms with E-state index in [4.69, 9.17) is 0 Å². The minimum Gasteiger partial charge on any atom is -0.351 e. The molecule has 0 bridgehead atoms. The van der Waals surface area contributed by atoms with Crippen LogP contribution in [-0.2, 0) is 9.59 Å². The highest BCUT2D eigenvalue weighted by molar-refractivity contribution is 6.06. The van der Waals surface area contributed by atoms with Crippen LogP contribution in [0.3, 0.4) is 0 Å². The Labute approximate surface area is 129 Å². The first-order valence-electron chi connectivity index (χ1n) is 7.90. The van der Waals surface area contributed by atoms with Gasteiger partial charge in [-0.15, -0.1) is 0 Å². The Hall–Kier alpha value is -1.91. The molecule has 1 aromatic carbocycles. The first kappa shape index (κ1) is 15.0. The fourth-order valence-electron chi connectivity index (χ4n) is 3.49. The van der Waals surface area contributed by atoms with E-state index in [1.54, 1.807) is 19.1 Å². The summed E-state index contributed by atoms with van der Waals surface area (Å²) in [5.74, 6) is -0.544. The number of nitrogens with one attached hydrogen (secondary N) is 1. The van der Waals surface area contributed by atoms with E-state index in [-0.39, 0.29) is 23.7 Å². The molecule has 0 aromatic heterocycles. The molecule has 1 aliphatic carbocycles. The fraction of sp³-hybridized carbons (Fsp3) is 0.529. The normalized spacial score (nSPS) is 25.7. The van der Waals surface area contributed by atoms with Gasteiger partial charge in [0.05, 0.1) is 0 Å². The van der Waals surface area contributed by atoms with Gasteiger partial charge < -0.3 is 5.32 Å². The van der Waals surface area contributed by atoms with Crippen molar-refractivity contribution in [3.63, 3.8) is 0 Å². The van der Waals surface area contributed by atoms with E-state index in [2.05, 4.69) is 5.32 Å². The van der Waals surface area contributed by atoms with Crippen molar-refractivity contribution < 1.29 is 14.0 Å². The van der Waals surface area contributed by atoms with Gasteiger partial charge in [0.25, 0.3) is 0 Å². The van der Waals surface area contributed by atoms with Crippen molar-refractivity contribution in [2.75, 3.05) is 4.90 Å². The molecule has 3 rings (SSSR count). The summed E-state index contributed by atoms with van der Waals surface area (Å²) in [6.07, 6.45) is 5.12. The number of rotatable bonds is 3. The van der Waals surface area contributed by atoms with Crippen LogP contribution in [0.15, 0.2) is 24.3 Å². The number of anilines is 1. The zero-order valence-electron chi connectivity index (χ0n) is 12.8. The Kier molecular flexibility index (Phi) is 3.89. The Morgan fingerprint density at radius 3 is 2.55 bits per heavy atom. The summed E-state index contributed by atoms with van der Waals surface area (Å²) in [4.78, 5) is 26.5. The SMILES string of the molecule is CC1(C(=O)NC2CCCC2)CCC(=O)N1c1ccc(F)cc1. The molecule has 1 unspecified atom stereocenters. The van der Waals surface area contributed by atoms with Crippen LogP contribution in [0, 0.1) is 5.82 Å². The van der Waals surface area contributed by atoms with Gasteiger partial charge in [0.15, 0.2) is 0 Å². The molecule has 5 heteroatoms. The third-order valence-electron chi connectivity index (χ3n) is 4.83. The third kappa shape index (κ3) is 2.60. The Morgan fingerprint density at radius 1 is 1.27 bits per heavy atom. The van der Waals surface area contributed by atoms with Gasteiger partial charge in [-0.25, -0.2) is 4.39 Å². The first-order valence-corrected chi connectivity index (χ1v) is 7.90. The predicted molar refractivity (Wildman–Crippen MR) is 81.9 cm³/mol. The third-order valence-corrected chi connectivity index (χ3v) is 4.83. The monoisotopic (exact) mass is 304 g/mol. The van der Waals surface area contributed by atoms with Gasteiger partial charge in [-0.1, -0.05) is 12.8 Å². The maximum absolute atomic E-state index is 13.1. The summed E-state index contributed by atoms with van der Waals surface area (Å²) in [7, 11) is 0. The van der Waals surface area contributed by atoms with Crippen LogP contribution >= 0.6 is 0 Å². The number of benzene rings is 1. The van der Waals surface area contributed by atoms with Crippen LogP contribution in [0.1, 0.15) is 45.4 Å². The van der Waals surface area contributed by atoms with E-state index in [0.29, 0.717) is 18.5 Å². The summed E-state index contributed by atoms with van der Waals surface area (Å²) >= 11 is 0. The van der Waals surface area contributed by atoms with Crippen molar-refractivity contribution >= 4 is 17.5 Å². The number of hydrogen-bond acceptors (Lipinski definition) is 2. The smallest absolute Gasteiger partial charge is 0.246 e. The summed E-state index contributed by atoms with van der Waals surface area (Å²) in [5, 5.41) is 3.09. The van der Waals surface area contributed by atoms with Crippen molar-refractivity contribution in [1.82, 2.24) is 5.32 Å². The maximum Gasteiger partial charge on any atom is 0.246 e. The zero-order chi connectivity index (χ0) is 15.7. The highest BCUT2D eigenvalue weighted by Crippen LogP contribution is 2.35. The molecule has 0 spiro atoms. The lowest BCUT2D eigenvalue weighted by Gasteiger charge is -2.35. The lowest BCUT2D eigenvalue weighted by Crippen LogP contribution is -2.56. The average molecular weight is 304 g/mol. The van der Waals surface area contributed by atoms with E-state index in [1.165, 1.54) is 17.0 Å². The van der Waals surface area contributed by atoms with Crippen LogP contribution in [0.5, 0.6) is 0 Å². The van der Waals surface area contributed by atoms with Crippen molar-refractivity contribution in [2.45, 2.75) is 57.0 Å². The van der Waals surface area contributed by atoms with Crippen LogP contribution in [0.2, 0.25) is 0 Å². The summed E-state index contributed by atoms with van der Waals surface area (Å²) in [6.45, 7) is 1.80. The van der Waals surface area contributed by atoms with Gasteiger partial charge in [-0.3, -0.25) is 14.5 Å². The second-order valence-corrected chi connectivity index (χ2v) is 6.43. The Morgan fingerprint density at radius 2 is 1.91 bits per heavy atom. The molecule has 1 saturated carbocycles. The first-order chi connectivity index (χ1) is 10.5. The minimum absolute atomic E-state index is 0.0873. The molecule has 2 amide bonds. The molecule has 118 valence electrons. The molecule has 1 atom stereocenters. The second kappa shape index (κ2) is 5.71. The van der Waals surface area contributed by atoms with Gasteiger partial charge in [0.1, 0.15) is 11.4 Å². The van der Waals surface area contributed by atoms with Crippen LogP contribution in [0.25, 0.3) is 0 Å². The summed E-state index contributed by atoms with van der Waals surface area (Å²) in [5.41, 5.74) is -0.315. The zero-order valence-corrected chi connectivity index (χ0v) is 12.8. The van der Waals surface area contributed by atoms with Gasteiger partial charge >= 0.3 is 0 Å². The lowest BCUT2D eigenvalue weighted by atomic mass is 9.96. The quantitative estimate of drug-likeness (QED) is 0.933. The molecule has 0 radical (unpaired) electrons. The van der Waals surface area contributed by atoms with Crippen molar-refractivity contribution in [2.24, 2.45) is 0 Å². The number of nitrogens with zero attached hydrogens (tertiary/aromatic N) is 1. The highest BCUT2D eigenvalue weighted by Gasteiger charge is 2.48. The predicted octanol–water partition coefficient (Wildman–Crippen LogP) is 2.77. The summed E-state index contributed by atoms with van der Waals surface area (Å²) < 4.78 is 13.1. The Balaban J connectivity index is 1.84. The molecular weight excluding hydrogens is 283 g/mol.